The Kier molecular flexibility index (Phi) is 3.28. The van der Waals surface area contributed by atoms with Gasteiger partial charge in [0.2, 0.25) is 0 Å². The van der Waals surface area contributed by atoms with Crippen molar-refractivity contribution in [3.63, 3.8) is 0 Å². The van der Waals surface area contributed by atoms with Crippen molar-refractivity contribution in [3.05, 3.63) is 18.2 Å². The second-order valence-electron chi connectivity index (χ2n) is 4.97. The molecule has 2 heterocycles. The molecule has 18 heavy (non-hydrogen) atoms. The quantitative estimate of drug-likeness (QED) is 0.866. The summed E-state index contributed by atoms with van der Waals surface area (Å²) in [6, 6.07) is 5.95. The maximum atomic E-state index is 10.0. The van der Waals surface area contributed by atoms with Crippen LogP contribution in [0.5, 0.6) is 5.75 Å². The molecule has 0 bridgehead atoms. The summed E-state index contributed by atoms with van der Waals surface area (Å²) >= 11 is 0. The number of aromatic hydroxyl groups is 1. The van der Waals surface area contributed by atoms with Crippen LogP contribution in [-0.2, 0) is 4.74 Å². The zero-order valence-electron chi connectivity index (χ0n) is 10.6. The summed E-state index contributed by atoms with van der Waals surface area (Å²) in [5.74, 6) is 0.375. The molecule has 0 radical (unpaired) electrons. The summed E-state index contributed by atoms with van der Waals surface area (Å²) in [6.45, 7) is 5.47. The van der Waals surface area contributed by atoms with Crippen LogP contribution in [0.25, 0.3) is 0 Å². The average Bonchev–Trinajstić information content (AvgIpc) is 2.94. The van der Waals surface area contributed by atoms with Gasteiger partial charge in [-0.15, -0.1) is 0 Å². The Morgan fingerprint density at radius 1 is 0.944 bits per heavy atom. The molecule has 1 aromatic rings. The van der Waals surface area contributed by atoms with Crippen molar-refractivity contribution in [2.24, 2.45) is 0 Å². The lowest BCUT2D eigenvalue weighted by Crippen LogP contribution is -2.36. The van der Waals surface area contributed by atoms with Gasteiger partial charge in [-0.1, -0.05) is 0 Å². The molecule has 1 N–H and O–H groups in total. The van der Waals surface area contributed by atoms with Gasteiger partial charge in [0, 0.05) is 31.9 Å². The Bertz CT molecular complexity index is 410. The van der Waals surface area contributed by atoms with Crippen LogP contribution in [0.4, 0.5) is 11.4 Å². The fraction of sp³-hybridized carbons (Fsp3) is 0.571. The molecule has 2 fully saturated rings. The lowest BCUT2D eigenvalue weighted by molar-refractivity contribution is 0.122. The largest absolute Gasteiger partial charge is 0.506 e. The standard InChI is InChI=1S/C14H20N2O2/c17-14-4-3-12(15-5-1-2-6-15)11-13(14)16-7-9-18-10-8-16/h3-4,11,17H,1-2,5-10H2. The molecular formula is C14H20N2O2. The SMILES string of the molecule is Oc1ccc(N2CCCC2)cc1N1CCOCC1. The molecule has 2 aliphatic heterocycles. The minimum atomic E-state index is 0.375. The van der Waals surface area contributed by atoms with Crippen LogP contribution in [0.2, 0.25) is 0 Å². The van der Waals surface area contributed by atoms with E-state index in [0.29, 0.717) is 5.75 Å². The van der Waals surface area contributed by atoms with Gasteiger partial charge in [0.15, 0.2) is 0 Å². The summed E-state index contributed by atoms with van der Waals surface area (Å²) in [7, 11) is 0. The number of phenolic OH excluding ortho intramolecular Hbond substituents is 1. The van der Waals surface area contributed by atoms with Gasteiger partial charge in [0.25, 0.3) is 0 Å². The van der Waals surface area contributed by atoms with Crippen LogP contribution in [0.15, 0.2) is 18.2 Å². The predicted molar refractivity (Wildman–Crippen MR) is 72.6 cm³/mol. The van der Waals surface area contributed by atoms with Crippen molar-refractivity contribution in [2.45, 2.75) is 12.8 Å². The van der Waals surface area contributed by atoms with E-state index < -0.39 is 0 Å². The van der Waals surface area contributed by atoms with Gasteiger partial charge in [0.05, 0.1) is 18.9 Å². The number of morpholine rings is 1. The topological polar surface area (TPSA) is 35.9 Å². The Morgan fingerprint density at radius 2 is 1.67 bits per heavy atom. The molecule has 0 aromatic heterocycles. The Morgan fingerprint density at radius 3 is 2.39 bits per heavy atom. The maximum absolute atomic E-state index is 10.0. The first kappa shape index (κ1) is 11.7. The van der Waals surface area contributed by atoms with Crippen LogP contribution in [-0.4, -0.2) is 44.5 Å². The third-order valence-corrected chi connectivity index (χ3v) is 3.78. The first-order valence-electron chi connectivity index (χ1n) is 6.75. The molecule has 0 unspecified atom stereocenters. The van der Waals surface area contributed by atoms with Gasteiger partial charge in [-0.2, -0.15) is 0 Å². The number of ether oxygens (including phenoxy) is 1. The van der Waals surface area contributed by atoms with E-state index in [1.165, 1.54) is 18.5 Å². The average molecular weight is 248 g/mol. The van der Waals surface area contributed by atoms with E-state index in [1.807, 2.05) is 12.1 Å². The van der Waals surface area contributed by atoms with Gasteiger partial charge in [0.1, 0.15) is 5.75 Å². The molecule has 0 amide bonds. The summed E-state index contributed by atoms with van der Waals surface area (Å²) in [5.41, 5.74) is 2.18. The molecule has 4 nitrogen and oxygen atoms in total. The highest BCUT2D eigenvalue weighted by Gasteiger charge is 2.18. The number of anilines is 2. The highest BCUT2D eigenvalue weighted by Crippen LogP contribution is 2.33. The predicted octanol–water partition coefficient (Wildman–Crippen LogP) is 1.83. The number of phenols is 1. The zero-order chi connectivity index (χ0) is 12.4. The number of rotatable bonds is 2. The van der Waals surface area contributed by atoms with Crippen LogP contribution in [0.3, 0.4) is 0 Å². The van der Waals surface area contributed by atoms with E-state index in [4.69, 9.17) is 4.74 Å². The van der Waals surface area contributed by atoms with Gasteiger partial charge < -0.3 is 19.6 Å². The third-order valence-electron chi connectivity index (χ3n) is 3.78. The van der Waals surface area contributed by atoms with E-state index in [2.05, 4.69) is 15.9 Å². The van der Waals surface area contributed by atoms with Crippen LogP contribution >= 0.6 is 0 Å². The molecule has 0 spiro atoms. The van der Waals surface area contributed by atoms with Crippen molar-refractivity contribution < 1.29 is 9.84 Å². The lowest BCUT2D eigenvalue weighted by Gasteiger charge is -2.30. The number of hydrogen-bond acceptors (Lipinski definition) is 4. The van der Waals surface area contributed by atoms with E-state index in [9.17, 15) is 5.11 Å². The van der Waals surface area contributed by atoms with Gasteiger partial charge in [-0.3, -0.25) is 0 Å². The lowest BCUT2D eigenvalue weighted by atomic mass is 10.2. The van der Waals surface area contributed by atoms with Gasteiger partial charge >= 0.3 is 0 Å². The van der Waals surface area contributed by atoms with Crippen molar-refractivity contribution in [2.75, 3.05) is 49.2 Å². The van der Waals surface area contributed by atoms with Crippen LogP contribution in [0.1, 0.15) is 12.8 Å². The number of nitrogens with zero attached hydrogens (tertiary/aromatic N) is 2. The first-order chi connectivity index (χ1) is 8.84. The number of benzene rings is 1. The Balaban J connectivity index is 1.85. The highest BCUT2D eigenvalue weighted by molar-refractivity contribution is 5.66. The summed E-state index contributed by atoms with van der Waals surface area (Å²) < 4.78 is 5.36. The van der Waals surface area contributed by atoms with Crippen molar-refractivity contribution >= 4 is 11.4 Å². The minimum Gasteiger partial charge on any atom is -0.506 e. The Labute approximate surface area is 108 Å². The second kappa shape index (κ2) is 5.06. The van der Waals surface area contributed by atoms with Crippen LogP contribution in [0, 0.1) is 0 Å². The monoisotopic (exact) mass is 248 g/mol. The third kappa shape index (κ3) is 2.25. The summed E-state index contributed by atoms with van der Waals surface area (Å²) in [5, 5.41) is 10.0. The van der Waals surface area contributed by atoms with Crippen LogP contribution < -0.4 is 9.80 Å². The molecule has 98 valence electrons. The van der Waals surface area contributed by atoms with E-state index in [1.54, 1.807) is 0 Å². The smallest absolute Gasteiger partial charge is 0.139 e. The van der Waals surface area contributed by atoms with Crippen molar-refractivity contribution in [1.82, 2.24) is 0 Å². The molecule has 2 saturated heterocycles. The second-order valence-corrected chi connectivity index (χ2v) is 4.97. The van der Waals surface area contributed by atoms with E-state index >= 15 is 0 Å². The van der Waals surface area contributed by atoms with Crippen molar-refractivity contribution in [3.8, 4) is 5.75 Å². The molecule has 3 rings (SSSR count). The highest BCUT2D eigenvalue weighted by atomic mass is 16.5. The molecule has 2 aliphatic rings. The molecular weight excluding hydrogens is 228 g/mol. The fourth-order valence-corrected chi connectivity index (χ4v) is 2.74. The first-order valence-corrected chi connectivity index (χ1v) is 6.75. The number of hydrogen-bond donors (Lipinski definition) is 1. The molecule has 0 aliphatic carbocycles. The normalized spacial score (nSPS) is 20.4. The summed E-state index contributed by atoms with van der Waals surface area (Å²) in [4.78, 5) is 4.60. The van der Waals surface area contributed by atoms with Crippen molar-refractivity contribution in [1.29, 1.82) is 0 Å². The van der Waals surface area contributed by atoms with Gasteiger partial charge in [-0.25, -0.2) is 0 Å². The van der Waals surface area contributed by atoms with E-state index in [0.717, 1.165) is 45.1 Å². The molecule has 4 heteroatoms. The molecule has 1 aromatic carbocycles. The molecule has 0 atom stereocenters. The summed E-state index contributed by atoms with van der Waals surface area (Å²) in [6.07, 6.45) is 2.54. The maximum Gasteiger partial charge on any atom is 0.139 e. The van der Waals surface area contributed by atoms with E-state index in [-0.39, 0.29) is 0 Å². The minimum absolute atomic E-state index is 0.375. The Hall–Kier alpha value is -1.42. The zero-order valence-corrected chi connectivity index (χ0v) is 10.6. The molecule has 0 saturated carbocycles. The fourth-order valence-electron chi connectivity index (χ4n) is 2.74. The van der Waals surface area contributed by atoms with Gasteiger partial charge in [-0.05, 0) is 31.0 Å².